The lowest BCUT2D eigenvalue weighted by Crippen LogP contribution is -2.38. The van der Waals surface area contributed by atoms with E-state index < -0.39 is 29.7 Å². The van der Waals surface area contributed by atoms with Crippen molar-refractivity contribution in [3.63, 3.8) is 0 Å². The van der Waals surface area contributed by atoms with Crippen LogP contribution in [0.3, 0.4) is 0 Å². The number of hydrogen-bond donors (Lipinski definition) is 2. The van der Waals surface area contributed by atoms with E-state index in [9.17, 15) is 27.2 Å². The zero-order chi connectivity index (χ0) is 31.2. The number of alkyl halides is 4. The van der Waals surface area contributed by atoms with Crippen molar-refractivity contribution in [3.05, 3.63) is 47.7 Å². The van der Waals surface area contributed by atoms with Crippen LogP contribution in [0.15, 0.2) is 30.7 Å². The first kappa shape index (κ1) is 30.5. The summed E-state index contributed by atoms with van der Waals surface area (Å²) in [5, 5.41) is 14.8. The van der Waals surface area contributed by atoms with E-state index in [0.717, 1.165) is 18.4 Å². The number of halogens is 4. The molecule has 0 aromatic carbocycles. The summed E-state index contributed by atoms with van der Waals surface area (Å²) in [4.78, 5) is 31.1. The molecule has 3 atom stereocenters. The lowest BCUT2D eigenvalue weighted by Gasteiger charge is -2.33. The molecule has 9 nitrogen and oxygen atoms in total. The molecule has 0 aliphatic heterocycles. The Morgan fingerprint density at radius 2 is 1.70 bits per heavy atom. The van der Waals surface area contributed by atoms with Gasteiger partial charge in [0.1, 0.15) is 5.69 Å². The minimum Gasteiger partial charge on any atom is -0.349 e. The third-order valence-corrected chi connectivity index (χ3v) is 9.45. The molecule has 3 aliphatic rings. The average molecular weight is 618 g/mol. The van der Waals surface area contributed by atoms with Gasteiger partial charge in [-0.05, 0) is 81.9 Å². The van der Waals surface area contributed by atoms with Crippen LogP contribution in [-0.4, -0.2) is 48.0 Å². The summed E-state index contributed by atoms with van der Waals surface area (Å²) in [5.41, 5.74) is 2.08. The van der Waals surface area contributed by atoms with E-state index in [1.165, 1.54) is 0 Å². The van der Waals surface area contributed by atoms with Crippen molar-refractivity contribution in [2.45, 2.75) is 108 Å². The molecule has 2 unspecified atom stereocenters. The van der Waals surface area contributed by atoms with Gasteiger partial charge in [0.2, 0.25) is 11.8 Å². The third-order valence-electron chi connectivity index (χ3n) is 9.45. The predicted molar refractivity (Wildman–Crippen MR) is 153 cm³/mol. The molecule has 0 bridgehead atoms. The minimum absolute atomic E-state index is 0.0510. The molecule has 0 spiro atoms. The Balaban J connectivity index is 1.24. The Hall–Kier alpha value is -3.51. The van der Waals surface area contributed by atoms with Crippen LogP contribution in [0.2, 0.25) is 0 Å². The van der Waals surface area contributed by atoms with Gasteiger partial charge in [-0.1, -0.05) is 0 Å². The maximum absolute atomic E-state index is 14.2. The number of rotatable bonds is 10. The number of aromatic nitrogens is 5. The fourth-order valence-corrected chi connectivity index (χ4v) is 6.79. The van der Waals surface area contributed by atoms with E-state index in [0.29, 0.717) is 29.9 Å². The fraction of sp³-hybridized carbons (Fsp3) is 0.645. The van der Waals surface area contributed by atoms with Crippen molar-refractivity contribution in [2.75, 3.05) is 0 Å². The third kappa shape index (κ3) is 6.46. The highest BCUT2D eigenvalue weighted by Crippen LogP contribution is 2.44. The fourth-order valence-electron chi connectivity index (χ4n) is 6.79. The lowest BCUT2D eigenvalue weighted by atomic mass is 9.81. The van der Waals surface area contributed by atoms with Gasteiger partial charge in [-0.25, -0.2) is 27.1 Å². The summed E-state index contributed by atoms with van der Waals surface area (Å²) >= 11 is 0. The molecule has 3 aliphatic carbocycles. The summed E-state index contributed by atoms with van der Waals surface area (Å²) in [5.74, 6) is -7.32. The van der Waals surface area contributed by atoms with Crippen LogP contribution in [0.1, 0.15) is 118 Å². The second-order valence-electron chi connectivity index (χ2n) is 13.1. The lowest BCUT2D eigenvalue weighted by molar-refractivity contribution is -0.126. The molecule has 3 fully saturated rings. The second-order valence-corrected chi connectivity index (χ2v) is 13.1. The van der Waals surface area contributed by atoms with E-state index in [-0.39, 0.29) is 68.4 Å². The molecular formula is C31H39F4N7O2. The molecule has 238 valence electrons. The SMILES string of the molecule is CC(C)n1nccc1C(=O)N[C@H](c1cn2ncc(C(NC(=O)CC3CCCC3(F)F)C3CC3)cc2n1)C1CCC(F)(F)CC1. The van der Waals surface area contributed by atoms with E-state index in [4.69, 9.17) is 4.98 Å². The van der Waals surface area contributed by atoms with Gasteiger partial charge in [-0.15, -0.1) is 0 Å². The van der Waals surface area contributed by atoms with Gasteiger partial charge in [0.15, 0.2) is 5.65 Å². The second kappa shape index (κ2) is 11.8. The topological polar surface area (TPSA) is 106 Å². The number of imidazole rings is 1. The van der Waals surface area contributed by atoms with Gasteiger partial charge in [-0.3, -0.25) is 14.3 Å². The van der Waals surface area contributed by atoms with Crippen LogP contribution in [0, 0.1) is 17.8 Å². The maximum Gasteiger partial charge on any atom is 0.270 e. The van der Waals surface area contributed by atoms with E-state index in [1.54, 1.807) is 33.9 Å². The van der Waals surface area contributed by atoms with Crippen molar-refractivity contribution in [2.24, 2.45) is 17.8 Å². The van der Waals surface area contributed by atoms with Gasteiger partial charge in [0.25, 0.3) is 11.8 Å². The van der Waals surface area contributed by atoms with E-state index >= 15 is 0 Å². The van der Waals surface area contributed by atoms with Crippen LogP contribution in [-0.2, 0) is 4.79 Å². The minimum atomic E-state index is -2.81. The first-order valence-electron chi connectivity index (χ1n) is 15.6. The Morgan fingerprint density at radius 3 is 2.36 bits per heavy atom. The number of carbonyl (C=O) groups is 2. The number of fused-ring (bicyclic) bond motifs is 1. The quantitative estimate of drug-likeness (QED) is 0.264. The zero-order valence-electron chi connectivity index (χ0n) is 25.0. The number of amides is 2. The highest BCUT2D eigenvalue weighted by atomic mass is 19.3. The standard InChI is InChI=1S/C31H39F4N7O2/c1-18(2)42-24(9-13-36-42)29(44)40-28(20-7-11-30(32,33)12-8-20)23-17-41-25(38-23)14-21(16-37-41)27(19-5-6-19)39-26(43)15-22-4-3-10-31(22,34)35/h9,13-14,16-20,22,27-28H,3-8,10-12,15H2,1-2H3,(H,39,43)(H,40,44)/t22?,27?,28-/m0/s1. The highest BCUT2D eigenvalue weighted by Gasteiger charge is 2.45. The Kier molecular flexibility index (Phi) is 8.17. The molecular weight excluding hydrogens is 578 g/mol. The van der Waals surface area contributed by atoms with Gasteiger partial charge in [0, 0.05) is 43.8 Å². The number of hydrogen-bond acceptors (Lipinski definition) is 5. The zero-order valence-corrected chi connectivity index (χ0v) is 25.0. The van der Waals surface area contributed by atoms with Crippen LogP contribution in [0.4, 0.5) is 17.6 Å². The summed E-state index contributed by atoms with van der Waals surface area (Å²) < 4.78 is 59.6. The van der Waals surface area contributed by atoms with Gasteiger partial charge >= 0.3 is 0 Å². The molecule has 0 radical (unpaired) electrons. The molecule has 44 heavy (non-hydrogen) atoms. The highest BCUT2D eigenvalue weighted by molar-refractivity contribution is 5.92. The molecule has 13 heteroatoms. The van der Waals surface area contributed by atoms with Crippen molar-refractivity contribution >= 4 is 17.5 Å². The largest absolute Gasteiger partial charge is 0.349 e. The molecule has 6 rings (SSSR count). The van der Waals surface area contributed by atoms with Crippen LogP contribution in [0.5, 0.6) is 0 Å². The van der Waals surface area contributed by atoms with Gasteiger partial charge in [0.05, 0.1) is 30.2 Å². The van der Waals surface area contributed by atoms with E-state index in [2.05, 4.69) is 20.8 Å². The monoisotopic (exact) mass is 617 g/mol. The Bertz CT molecular complexity index is 1510. The molecule has 0 saturated heterocycles. The average Bonchev–Trinajstić information content (AvgIpc) is 3.36. The summed E-state index contributed by atoms with van der Waals surface area (Å²) in [6.07, 6.45) is 7.00. The van der Waals surface area contributed by atoms with Crippen molar-refractivity contribution in [1.29, 1.82) is 0 Å². The number of carbonyl (C=O) groups excluding carboxylic acids is 2. The van der Waals surface area contributed by atoms with Crippen LogP contribution >= 0.6 is 0 Å². The predicted octanol–water partition coefficient (Wildman–Crippen LogP) is 6.20. The van der Waals surface area contributed by atoms with E-state index in [1.807, 2.05) is 19.9 Å². The van der Waals surface area contributed by atoms with Crippen molar-refractivity contribution < 1.29 is 27.2 Å². The molecule has 2 amide bonds. The maximum atomic E-state index is 14.2. The number of nitrogens with zero attached hydrogens (tertiary/aromatic N) is 5. The first-order chi connectivity index (χ1) is 20.9. The summed E-state index contributed by atoms with van der Waals surface area (Å²) in [6, 6.07) is 2.38. The van der Waals surface area contributed by atoms with Crippen LogP contribution in [0.25, 0.3) is 5.65 Å². The molecule has 3 saturated carbocycles. The van der Waals surface area contributed by atoms with Crippen molar-refractivity contribution in [3.8, 4) is 0 Å². The molecule has 3 aromatic rings. The van der Waals surface area contributed by atoms with Gasteiger partial charge in [-0.2, -0.15) is 10.2 Å². The smallest absolute Gasteiger partial charge is 0.270 e. The Morgan fingerprint density at radius 1 is 0.977 bits per heavy atom. The normalized spacial score (nSPS) is 23.1. The number of nitrogens with one attached hydrogen (secondary N) is 2. The first-order valence-corrected chi connectivity index (χ1v) is 15.6. The van der Waals surface area contributed by atoms with Gasteiger partial charge < -0.3 is 10.6 Å². The van der Waals surface area contributed by atoms with Crippen LogP contribution < -0.4 is 10.6 Å². The van der Waals surface area contributed by atoms with Crippen molar-refractivity contribution in [1.82, 2.24) is 35.0 Å². The molecule has 3 heterocycles. The Labute approximate surface area is 253 Å². The summed E-state index contributed by atoms with van der Waals surface area (Å²) in [7, 11) is 0. The molecule has 3 aromatic heterocycles. The summed E-state index contributed by atoms with van der Waals surface area (Å²) in [6.45, 7) is 3.83. The molecule has 2 N–H and O–H groups in total.